The molecule has 6 heteroatoms. The van der Waals surface area contributed by atoms with Crippen molar-refractivity contribution in [2.45, 2.75) is 51.0 Å². The molecule has 3 N–H and O–H groups in total. The molecule has 2 aromatic rings. The zero-order chi connectivity index (χ0) is 23.1. The van der Waals surface area contributed by atoms with Gasteiger partial charge in [0.1, 0.15) is 0 Å². The molecule has 32 heavy (non-hydrogen) atoms. The molecular weight excluding hydrogens is 424 g/mol. The summed E-state index contributed by atoms with van der Waals surface area (Å²) in [4.78, 5) is 11.5. The van der Waals surface area contributed by atoms with Crippen LogP contribution in [0.4, 0.5) is 4.79 Å². The van der Waals surface area contributed by atoms with E-state index >= 15 is 0 Å². The van der Waals surface area contributed by atoms with E-state index in [1.807, 2.05) is 18.2 Å². The lowest BCUT2D eigenvalue weighted by Crippen LogP contribution is -2.45. The van der Waals surface area contributed by atoms with Gasteiger partial charge >= 0.3 is 6.09 Å². The van der Waals surface area contributed by atoms with Gasteiger partial charge in [-0.25, -0.2) is 4.79 Å². The van der Waals surface area contributed by atoms with E-state index in [9.17, 15) is 9.90 Å². The number of halogens is 1. The molecule has 0 saturated carbocycles. The minimum Gasteiger partial charge on any atom is -0.453 e. The third kappa shape index (κ3) is 5.64. The van der Waals surface area contributed by atoms with E-state index in [0.717, 1.165) is 42.6 Å². The van der Waals surface area contributed by atoms with Gasteiger partial charge in [0.25, 0.3) is 0 Å². The number of benzene rings is 2. The van der Waals surface area contributed by atoms with Crippen LogP contribution in [0, 0.1) is 5.92 Å². The van der Waals surface area contributed by atoms with E-state index in [4.69, 9.17) is 11.6 Å². The maximum Gasteiger partial charge on any atom is 0.406 e. The van der Waals surface area contributed by atoms with Crippen LogP contribution in [0.5, 0.6) is 0 Å². The number of piperidine rings is 1. The van der Waals surface area contributed by atoms with Gasteiger partial charge in [0, 0.05) is 29.6 Å². The molecule has 174 valence electrons. The maximum atomic E-state index is 12.2. The molecule has 0 aliphatic carbocycles. The average Bonchev–Trinajstić information content (AvgIpc) is 2.82. The molecule has 1 saturated heterocycles. The first-order chi connectivity index (χ1) is 15.4. The Labute approximate surface area is 196 Å². The summed E-state index contributed by atoms with van der Waals surface area (Å²) in [6.45, 7) is 6.50. The van der Waals surface area contributed by atoms with Crippen molar-refractivity contribution < 1.29 is 14.6 Å². The van der Waals surface area contributed by atoms with Crippen molar-refractivity contribution in [2.75, 3.05) is 26.7 Å². The number of carbonyl (C=O) groups excluding carboxylic acids is 1. The Kier molecular flexibility index (Phi) is 8.57. The molecule has 0 aromatic heterocycles. The number of ether oxygens (including phenoxy) is 1. The van der Waals surface area contributed by atoms with Crippen LogP contribution in [0.1, 0.15) is 56.6 Å². The van der Waals surface area contributed by atoms with Gasteiger partial charge in [-0.15, -0.1) is 0 Å². The van der Waals surface area contributed by atoms with Gasteiger partial charge < -0.3 is 20.5 Å². The molecule has 1 aliphatic rings. The topological polar surface area (TPSA) is 70.6 Å². The summed E-state index contributed by atoms with van der Waals surface area (Å²) in [5.74, 6) is 0.451. The van der Waals surface area contributed by atoms with Gasteiger partial charge in [0.2, 0.25) is 0 Å². The summed E-state index contributed by atoms with van der Waals surface area (Å²) in [6, 6.07) is 14.2. The van der Waals surface area contributed by atoms with Gasteiger partial charge in [0.15, 0.2) is 0 Å². The van der Waals surface area contributed by atoms with Crippen LogP contribution in [0.2, 0.25) is 5.02 Å². The van der Waals surface area contributed by atoms with Crippen LogP contribution >= 0.6 is 11.6 Å². The SMILES string of the molecule is COC(=O)NCCCC(O)(c1cccc(Cl)c1-c1cccc(C(C)C)c1)[C@@H]1CCCNC1. The van der Waals surface area contributed by atoms with Crippen molar-refractivity contribution in [3.63, 3.8) is 0 Å². The molecule has 0 bridgehead atoms. The monoisotopic (exact) mass is 458 g/mol. The summed E-state index contributed by atoms with van der Waals surface area (Å²) < 4.78 is 4.67. The van der Waals surface area contributed by atoms with E-state index < -0.39 is 11.7 Å². The molecule has 1 amide bonds. The fourth-order valence-corrected chi connectivity index (χ4v) is 4.95. The van der Waals surface area contributed by atoms with E-state index in [0.29, 0.717) is 30.3 Å². The van der Waals surface area contributed by atoms with E-state index in [1.165, 1.54) is 12.7 Å². The molecular formula is C26H35ClN2O3. The summed E-state index contributed by atoms with van der Waals surface area (Å²) in [5, 5.41) is 19.0. The number of methoxy groups -OCH3 is 1. The highest BCUT2D eigenvalue weighted by Gasteiger charge is 2.40. The van der Waals surface area contributed by atoms with Crippen molar-refractivity contribution in [1.82, 2.24) is 10.6 Å². The highest BCUT2D eigenvalue weighted by atomic mass is 35.5. The van der Waals surface area contributed by atoms with Crippen LogP contribution < -0.4 is 10.6 Å². The van der Waals surface area contributed by atoms with Gasteiger partial charge in [-0.05, 0) is 60.9 Å². The predicted molar refractivity (Wildman–Crippen MR) is 130 cm³/mol. The zero-order valence-corrected chi connectivity index (χ0v) is 20.0. The Bertz CT molecular complexity index is 912. The van der Waals surface area contributed by atoms with E-state index in [1.54, 1.807) is 0 Å². The quantitative estimate of drug-likeness (QED) is 0.460. The number of rotatable bonds is 8. The lowest BCUT2D eigenvalue weighted by atomic mass is 9.72. The molecule has 3 rings (SSSR count). The molecule has 0 spiro atoms. The molecule has 1 aliphatic heterocycles. The van der Waals surface area contributed by atoms with Crippen LogP contribution in [-0.4, -0.2) is 37.9 Å². The predicted octanol–water partition coefficient (Wildman–Crippen LogP) is 5.45. The van der Waals surface area contributed by atoms with E-state index in [2.05, 4.69) is 53.5 Å². The minimum absolute atomic E-state index is 0.0554. The van der Waals surface area contributed by atoms with Crippen molar-refractivity contribution in [3.8, 4) is 11.1 Å². The zero-order valence-electron chi connectivity index (χ0n) is 19.3. The minimum atomic E-state index is -1.07. The largest absolute Gasteiger partial charge is 0.453 e. The molecule has 1 heterocycles. The molecule has 2 atom stereocenters. The summed E-state index contributed by atoms with van der Waals surface area (Å²) in [5.41, 5.74) is 2.94. The number of nitrogens with one attached hydrogen (secondary N) is 2. The third-order valence-electron chi connectivity index (χ3n) is 6.48. The van der Waals surface area contributed by atoms with Crippen LogP contribution in [0.3, 0.4) is 0 Å². The van der Waals surface area contributed by atoms with Gasteiger partial charge in [-0.2, -0.15) is 0 Å². The van der Waals surface area contributed by atoms with Crippen molar-refractivity contribution in [3.05, 3.63) is 58.6 Å². The number of hydrogen-bond donors (Lipinski definition) is 3. The number of carbonyl (C=O) groups is 1. The second-order valence-corrected chi connectivity index (χ2v) is 9.34. The average molecular weight is 459 g/mol. The second kappa shape index (κ2) is 11.2. The highest BCUT2D eigenvalue weighted by molar-refractivity contribution is 6.33. The standard InChI is InChI=1S/C26H35ClN2O3/c1-18(2)19-8-4-9-20(16-19)24-22(11-5-12-23(24)27)26(31,21-10-6-14-28-17-21)13-7-15-29-25(30)32-3/h4-5,8-9,11-12,16,18,21,28,31H,6-7,10,13-15,17H2,1-3H3,(H,29,30)/t21-,26?/m1/s1. The summed E-state index contributed by atoms with van der Waals surface area (Å²) in [6.07, 6.45) is 2.64. The van der Waals surface area contributed by atoms with Gasteiger partial charge in [-0.1, -0.05) is 61.8 Å². The Morgan fingerprint density at radius 3 is 2.78 bits per heavy atom. The van der Waals surface area contributed by atoms with Crippen LogP contribution in [0.25, 0.3) is 11.1 Å². The summed E-state index contributed by atoms with van der Waals surface area (Å²) in [7, 11) is 1.35. The Hall–Kier alpha value is -2.08. The fraction of sp³-hybridized carbons (Fsp3) is 0.500. The first kappa shape index (κ1) is 24.6. The maximum absolute atomic E-state index is 12.2. The lowest BCUT2D eigenvalue weighted by molar-refractivity contribution is -0.0415. The Balaban J connectivity index is 2.01. The first-order valence-electron chi connectivity index (χ1n) is 11.5. The Morgan fingerprint density at radius 2 is 2.09 bits per heavy atom. The summed E-state index contributed by atoms with van der Waals surface area (Å²) >= 11 is 6.76. The smallest absolute Gasteiger partial charge is 0.406 e. The van der Waals surface area contributed by atoms with Crippen molar-refractivity contribution in [1.29, 1.82) is 0 Å². The van der Waals surface area contributed by atoms with Gasteiger partial charge in [0.05, 0.1) is 12.7 Å². The van der Waals surface area contributed by atoms with E-state index in [-0.39, 0.29) is 5.92 Å². The second-order valence-electron chi connectivity index (χ2n) is 8.93. The molecule has 5 nitrogen and oxygen atoms in total. The third-order valence-corrected chi connectivity index (χ3v) is 6.80. The number of alkyl carbamates (subject to hydrolysis) is 1. The van der Waals surface area contributed by atoms with Crippen LogP contribution in [0.15, 0.2) is 42.5 Å². The fourth-order valence-electron chi connectivity index (χ4n) is 4.67. The normalized spacial score (nSPS) is 18.2. The number of amides is 1. The number of aliphatic hydroxyl groups is 1. The van der Waals surface area contributed by atoms with Crippen molar-refractivity contribution >= 4 is 17.7 Å². The molecule has 0 radical (unpaired) electrons. The van der Waals surface area contributed by atoms with Gasteiger partial charge in [-0.3, -0.25) is 0 Å². The number of hydrogen-bond acceptors (Lipinski definition) is 4. The molecule has 2 aromatic carbocycles. The first-order valence-corrected chi connectivity index (χ1v) is 11.9. The van der Waals surface area contributed by atoms with Crippen molar-refractivity contribution in [2.24, 2.45) is 5.92 Å². The highest BCUT2D eigenvalue weighted by Crippen LogP contribution is 2.45. The molecule has 1 fully saturated rings. The Morgan fingerprint density at radius 1 is 1.31 bits per heavy atom. The molecule has 1 unspecified atom stereocenters. The van der Waals surface area contributed by atoms with Crippen LogP contribution in [-0.2, 0) is 10.3 Å². The lowest BCUT2D eigenvalue weighted by Gasteiger charge is -2.40.